The molecule has 0 radical (unpaired) electrons. The minimum Gasteiger partial charge on any atom is -0.350 e. The number of carbonyl (C=O) groups is 1. The van der Waals surface area contributed by atoms with Crippen LogP contribution in [0.2, 0.25) is 0 Å². The van der Waals surface area contributed by atoms with E-state index in [-0.39, 0.29) is 5.91 Å². The fourth-order valence-electron chi connectivity index (χ4n) is 1.15. The van der Waals surface area contributed by atoms with E-state index >= 15 is 0 Å². The van der Waals surface area contributed by atoms with E-state index in [4.69, 9.17) is 5.73 Å². The lowest BCUT2D eigenvalue weighted by Crippen LogP contribution is -2.50. The zero-order chi connectivity index (χ0) is 12.2. The van der Waals surface area contributed by atoms with Gasteiger partial charge in [-0.15, -0.1) is 0 Å². The second kappa shape index (κ2) is 5.07. The number of nitrogens with two attached hydrogens (primary N) is 1. The predicted molar refractivity (Wildman–Crippen MR) is 63.7 cm³/mol. The molecule has 1 aromatic heterocycles. The van der Waals surface area contributed by atoms with Crippen LogP contribution in [-0.4, -0.2) is 16.4 Å². The number of hydrogen-bond acceptors (Lipinski definition) is 3. The van der Waals surface area contributed by atoms with Crippen LogP contribution in [0.5, 0.6) is 0 Å². The van der Waals surface area contributed by atoms with Crippen molar-refractivity contribution >= 4 is 5.91 Å². The number of hydrogen-bond donors (Lipinski definition) is 2. The largest absolute Gasteiger partial charge is 0.350 e. The van der Waals surface area contributed by atoms with E-state index in [1.165, 1.54) is 0 Å². The van der Waals surface area contributed by atoms with Crippen LogP contribution in [0.4, 0.5) is 0 Å². The fraction of sp³-hybridized carbons (Fsp3) is 0.500. The summed E-state index contributed by atoms with van der Waals surface area (Å²) in [5, 5.41) is 2.81. The Bertz CT molecular complexity index is 357. The van der Waals surface area contributed by atoms with E-state index in [0.717, 1.165) is 11.3 Å². The molecule has 1 unspecified atom stereocenters. The normalized spacial score (nSPS) is 14.2. The van der Waals surface area contributed by atoms with E-state index in [1.54, 1.807) is 13.1 Å². The van der Waals surface area contributed by atoms with Crippen LogP contribution in [0, 0.1) is 6.92 Å². The molecule has 0 bridgehead atoms. The molecule has 1 aromatic rings. The monoisotopic (exact) mass is 221 g/mol. The number of aryl methyl sites for hydroxylation is 1. The molecule has 0 spiro atoms. The Morgan fingerprint density at radius 2 is 2.25 bits per heavy atom. The Balaban J connectivity index is 2.52. The maximum Gasteiger partial charge on any atom is 0.240 e. The molecule has 0 fully saturated rings. The number of pyridine rings is 1. The second-order valence-corrected chi connectivity index (χ2v) is 4.26. The summed E-state index contributed by atoms with van der Waals surface area (Å²) in [7, 11) is 0. The van der Waals surface area contributed by atoms with Gasteiger partial charge in [0.05, 0.1) is 5.54 Å². The Morgan fingerprint density at radius 1 is 1.56 bits per heavy atom. The van der Waals surface area contributed by atoms with Crippen LogP contribution in [0.15, 0.2) is 18.3 Å². The van der Waals surface area contributed by atoms with Crippen LogP contribution in [0.3, 0.4) is 0 Å². The van der Waals surface area contributed by atoms with Gasteiger partial charge in [-0.25, -0.2) is 0 Å². The first-order chi connectivity index (χ1) is 7.45. The molecule has 4 heteroatoms. The molecule has 1 atom stereocenters. The van der Waals surface area contributed by atoms with Gasteiger partial charge in [0.2, 0.25) is 5.91 Å². The van der Waals surface area contributed by atoms with Crippen molar-refractivity contribution < 1.29 is 4.79 Å². The quantitative estimate of drug-likeness (QED) is 0.801. The van der Waals surface area contributed by atoms with E-state index in [1.807, 2.05) is 26.0 Å². The number of carbonyl (C=O) groups excluding carboxylic acids is 1. The van der Waals surface area contributed by atoms with Crippen molar-refractivity contribution in [2.75, 3.05) is 0 Å². The molecule has 16 heavy (non-hydrogen) atoms. The van der Waals surface area contributed by atoms with Crippen LogP contribution >= 0.6 is 0 Å². The van der Waals surface area contributed by atoms with Crippen LogP contribution in [0.25, 0.3) is 0 Å². The summed E-state index contributed by atoms with van der Waals surface area (Å²) in [6, 6.07) is 3.87. The SMILES string of the molecule is CCC(C)(N)C(=O)NCc1ccc(C)nc1. The van der Waals surface area contributed by atoms with Crippen LogP contribution < -0.4 is 11.1 Å². The summed E-state index contributed by atoms with van der Waals surface area (Å²) in [5.74, 6) is -0.129. The molecule has 0 aliphatic heterocycles. The maximum absolute atomic E-state index is 11.7. The highest BCUT2D eigenvalue weighted by Crippen LogP contribution is 2.05. The molecule has 4 nitrogen and oxygen atoms in total. The molecule has 3 N–H and O–H groups in total. The first kappa shape index (κ1) is 12.6. The standard InChI is InChI=1S/C12H19N3O/c1-4-12(3,13)11(16)15-8-10-6-5-9(2)14-7-10/h5-7H,4,8,13H2,1-3H3,(H,15,16). The van der Waals surface area contributed by atoms with E-state index in [2.05, 4.69) is 10.3 Å². The highest BCUT2D eigenvalue weighted by molar-refractivity contribution is 5.85. The zero-order valence-corrected chi connectivity index (χ0v) is 10.1. The lowest BCUT2D eigenvalue weighted by molar-refractivity contribution is -0.126. The minimum atomic E-state index is -0.794. The number of aromatic nitrogens is 1. The van der Waals surface area contributed by atoms with Crippen molar-refractivity contribution in [3.63, 3.8) is 0 Å². The van der Waals surface area contributed by atoms with E-state index < -0.39 is 5.54 Å². The summed E-state index contributed by atoms with van der Waals surface area (Å²) >= 11 is 0. The molecule has 0 aliphatic rings. The summed E-state index contributed by atoms with van der Waals surface area (Å²) < 4.78 is 0. The number of nitrogens with zero attached hydrogens (tertiary/aromatic N) is 1. The summed E-state index contributed by atoms with van der Waals surface area (Å²) in [4.78, 5) is 15.8. The van der Waals surface area contributed by atoms with Crippen molar-refractivity contribution in [3.8, 4) is 0 Å². The van der Waals surface area contributed by atoms with Gasteiger partial charge in [-0.2, -0.15) is 0 Å². The average Bonchev–Trinajstić information content (AvgIpc) is 2.28. The third-order valence-electron chi connectivity index (χ3n) is 2.68. The molecule has 1 amide bonds. The van der Waals surface area contributed by atoms with Gasteiger partial charge in [0.25, 0.3) is 0 Å². The van der Waals surface area contributed by atoms with Gasteiger partial charge in [0.15, 0.2) is 0 Å². The van der Waals surface area contributed by atoms with E-state index in [9.17, 15) is 4.79 Å². The van der Waals surface area contributed by atoms with Gasteiger partial charge >= 0.3 is 0 Å². The zero-order valence-electron chi connectivity index (χ0n) is 10.1. The van der Waals surface area contributed by atoms with Crippen molar-refractivity contribution in [2.24, 2.45) is 5.73 Å². The molecular formula is C12H19N3O. The Hall–Kier alpha value is -1.42. The summed E-state index contributed by atoms with van der Waals surface area (Å²) in [6.45, 7) is 6.03. The topological polar surface area (TPSA) is 68.0 Å². The lowest BCUT2D eigenvalue weighted by atomic mass is 9.99. The number of rotatable bonds is 4. The minimum absolute atomic E-state index is 0.129. The molecule has 0 saturated heterocycles. The van der Waals surface area contributed by atoms with Gasteiger partial charge in [-0.05, 0) is 31.9 Å². The molecule has 88 valence electrons. The highest BCUT2D eigenvalue weighted by Gasteiger charge is 2.25. The van der Waals surface area contributed by atoms with Crippen molar-refractivity contribution in [1.29, 1.82) is 0 Å². The molecule has 1 heterocycles. The molecule has 1 rings (SSSR count). The maximum atomic E-state index is 11.7. The first-order valence-electron chi connectivity index (χ1n) is 5.44. The van der Waals surface area contributed by atoms with Crippen molar-refractivity contribution in [1.82, 2.24) is 10.3 Å². The Morgan fingerprint density at radius 3 is 2.75 bits per heavy atom. The van der Waals surface area contributed by atoms with Crippen molar-refractivity contribution in [3.05, 3.63) is 29.6 Å². The average molecular weight is 221 g/mol. The van der Waals surface area contributed by atoms with Gasteiger partial charge < -0.3 is 11.1 Å². The van der Waals surface area contributed by atoms with Gasteiger partial charge in [-0.3, -0.25) is 9.78 Å². The first-order valence-corrected chi connectivity index (χ1v) is 5.44. The van der Waals surface area contributed by atoms with Crippen molar-refractivity contribution in [2.45, 2.75) is 39.3 Å². The lowest BCUT2D eigenvalue weighted by Gasteiger charge is -2.21. The molecule has 0 aliphatic carbocycles. The molecule has 0 saturated carbocycles. The second-order valence-electron chi connectivity index (χ2n) is 4.26. The van der Waals surface area contributed by atoms with E-state index in [0.29, 0.717) is 13.0 Å². The number of nitrogens with one attached hydrogen (secondary N) is 1. The molecule has 0 aromatic carbocycles. The summed E-state index contributed by atoms with van der Waals surface area (Å²) in [5.41, 5.74) is 6.97. The predicted octanol–water partition coefficient (Wildman–Crippen LogP) is 1.13. The van der Waals surface area contributed by atoms with Crippen LogP contribution in [0.1, 0.15) is 31.5 Å². The third kappa shape index (κ3) is 3.31. The van der Waals surface area contributed by atoms with Crippen LogP contribution in [-0.2, 0) is 11.3 Å². The fourth-order valence-corrected chi connectivity index (χ4v) is 1.15. The number of amides is 1. The third-order valence-corrected chi connectivity index (χ3v) is 2.68. The Labute approximate surface area is 96.3 Å². The van der Waals surface area contributed by atoms with Gasteiger partial charge in [0.1, 0.15) is 0 Å². The Kier molecular flexibility index (Phi) is 4.01. The van der Waals surface area contributed by atoms with Gasteiger partial charge in [0, 0.05) is 18.4 Å². The smallest absolute Gasteiger partial charge is 0.240 e. The molecular weight excluding hydrogens is 202 g/mol. The van der Waals surface area contributed by atoms with Gasteiger partial charge in [-0.1, -0.05) is 13.0 Å². The summed E-state index contributed by atoms with van der Waals surface area (Å²) in [6.07, 6.45) is 2.38. The highest BCUT2D eigenvalue weighted by atomic mass is 16.2.